The van der Waals surface area contributed by atoms with Gasteiger partial charge >= 0.3 is 0 Å². The number of nitrogens with zero attached hydrogens (tertiary/aromatic N) is 2. The molecule has 1 N–H and O–H groups in total. The number of carbonyl (C=O) groups is 1. The fourth-order valence-corrected chi connectivity index (χ4v) is 4.37. The smallest absolute Gasteiger partial charge is 0.225 e. The van der Waals surface area contributed by atoms with E-state index in [9.17, 15) is 10.1 Å². The van der Waals surface area contributed by atoms with Crippen LogP contribution in [-0.2, 0) is 17.6 Å². The topological polar surface area (TPSA) is 84.2 Å². The highest BCUT2D eigenvalue weighted by Crippen LogP contribution is 2.36. The summed E-state index contributed by atoms with van der Waals surface area (Å²) in [7, 11) is 3.03. The third-order valence-corrected chi connectivity index (χ3v) is 5.99. The molecule has 1 aliphatic carbocycles. The molecule has 1 aromatic heterocycles. The minimum atomic E-state index is -0.173. The molecule has 1 aliphatic rings. The molecule has 0 unspecified atom stereocenters. The van der Waals surface area contributed by atoms with Gasteiger partial charge < -0.3 is 14.8 Å². The molecule has 8 heteroatoms. The van der Waals surface area contributed by atoms with E-state index in [1.165, 1.54) is 31.5 Å². The van der Waals surface area contributed by atoms with E-state index in [0.717, 1.165) is 31.4 Å². The molecule has 6 nitrogen and oxygen atoms in total. The molecule has 0 radical (unpaired) electrons. The first-order valence-electron chi connectivity index (χ1n) is 9.32. The number of amides is 1. The van der Waals surface area contributed by atoms with Crippen molar-refractivity contribution in [2.45, 2.75) is 37.1 Å². The van der Waals surface area contributed by atoms with Crippen LogP contribution in [0, 0.1) is 11.3 Å². The molecule has 2 aromatic rings. The highest BCUT2D eigenvalue weighted by atomic mass is 35.5. The average Bonchev–Trinajstić information content (AvgIpc) is 2.73. The van der Waals surface area contributed by atoms with Crippen LogP contribution in [0.15, 0.2) is 23.2 Å². The van der Waals surface area contributed by atoms with E-state index in [0.29, 0.717) is 38.6 Å². The zero-order valence-corrected chi connectivity index (χ0v) is 18.0. The third-order valence-electron chi connectivity index (χ3n) is 4.70. The van der Waals surface area contributed by atoms with Crippen LogP contribution in [0.5, 0.6) is 11.5 Å². The summed E-state index contributed by atoms with van der Waals surface area (Å²) in [6.45, 7) is 0. The zero-order chi connectivity index (χ0) is 20.8. The molecule has 1 aromatic carbocycles. The highest BCUT2D eigenvalue weighted by molar-refractivity contribution is 7.99. The normalized spacial score (nSPS) is 12.6. The summed E-state index contributed by atoms with van der Waals surface area (Å²) in [5.74, 6) is 1.28. The maximum Gasteiger partial charge on any atom is 0.225 e. The minimum Gasteiger partial charge on any atom is -0.495 e. The number of hydrogen-bond acceptors (Lipinski definition) is 6. The maximum atomic E-state index is 12.4. The van der Waals surface area contributed by atoms with Crippen molar-refractivity contribution in [2.75, 3.05) is 25.3 Å². The van der Waals surface area contributed by atoms with Crippen molar-refractivity contribution in [3.63, 3.8) is 0 Å². The van der Waals surface area contributed by atoms with E-state index < -0.39 is 0 Å². The molecule has 1 heterocycles. The Bertz CT molecular complexity index is 959. The number of benzene rings is 1. The van der Waals surface area contributed by atoms with Crippen molar-refractivity contribution in [2.24, 2.45) is 0 Å². The molecule has 0 spiro atoms. The van der Waals surface area contributed by atoms with Crippen molar-refractivity contribution < 1.29 is 14.3 Å². The second-order valence-corrected chi connectivity index (χ2v) is 8.09. The maximum absolute atomic E-state index is 12.4. The number of halogens is 1. The summed E-state index contributed by atoms with van der Waals surface area (Å²) in [6.07, 6.45) is 4.47. The number of aromatic nitrogens is 1. The van der Waals surface area contributed by atoms with Crippen molar-refractivity contribution in [1.82, 2.24) is 4.98 Å². The molecular weight excluding hydrogens is 410 g/mol. The predicted molar refractivity (Wildman–Crippen MR) is 114 cm³/mol. The van der Waals surface area contributed by atoms with Crippen molar-refractivity contribution in [3.05, 3.63) is 40.0 Å². The van der Waals surface area contributed by atoms with E-state index in [2.05, 4.69) is 16.4 Å². The number of methoxy groups -OCH3 is 2. The molecule has 0 aliphatic heterocycles. The van der Waals surface area contributed by atoms with Crippen LogP contribution in [0.4, 0.5) is 5.69 Å². The number of thioether (sulfide) groups is 1. The van der Waals surface area contributed by atoms with Crippen LogP contribution in [0.25, 0.3) is 0 Å². The van der Waals surface area contributed by atoms with Gasteiger partial charge in [0.2, 0.25) is 5.91 Å². The predicted octanol–water partition coefficient (Wildman–Crippen LogP) is 4.62. The van der Waals surface area contributed by atoms with E-state index in [1.807, 2.05) is 6.07 Å². The quantitative estimate of drug-likeness (QED) is 0.643. The number of carbonyl (C=O) groups excluding carboxylic acids is 1. The lowest BCUT2D eigenvalue weighted by Gasteiger charge is -2.16. The second kappa shape index (κ2) is 9.86. The Hall–Kier alpha value is -2.43. The van der Waals surface area contributed by atoms with Crippen LogP contribution in [0.1, 0.15) is 36.1 Å². The van der Waals surface area contributed by atoms with Gasteiger partial charge in [0.15, 0.2) is 0 Å². The Morgan fingerprint density at radius 2 is 2.00 bits per heavy atom. The molecule has 152 valence electrons. The molecule has 0 fully saturated rings. The molecule has 0 saturated heterocycles. The molecule has 29 heavy (non-hydrogen) atoms. The summed E-state index contributed by atoms with van der Waals surface area (Å²) >= 11 is 7.57. The first-order valence-corrected chi connectivity index (χ1v) is 10.7. The number of pyridine rings is 1. The van der Waals surface area contributed by atoms with E-state index in [4.69, 9.17) is 21.1 Å². The Morgan fingerprint density at radius 1 is 1.24 bits per heavy atom. The summed E-state index contributed by atoms with van der Waals surface area (Å²) in [5.41, 5.74) is 3.33. The number of nitriles is 1. The molecule has 1 amide bonds. The number of hydrogen-bond donors (Lipinski definition) is 1. The number of aryl methyl sites for hydroxylation is 2. The Morgan fingerprint density at radius 3 is 2.72 bits per heavy atom. The van der Waals surface area contributed by atoms with Gasteiger partial charge in [-0.15, -0.1) is 11.8 Å². The zero-order valence-electron chi connectivity index (χ0n) is 16.4. The van der Waals surface area contributed by atoms with Crippen molar-refractivity contribution in [3.8, 4) is 17.6 Å². The Kier molecular flexibility index (Phi) is 7.24. The van der Waals surface area contributed by atoms with Gasteiger partial charge in [-0.05, 0) is 43.4 Å². The highest BCUT2D eigenvalue weighted by Gasteiger charge is 2.16. The third kappa shape index (κ3) is 5.14. The van der Waals surface area contributed by atoms with Gasteiger partial charge in [-0.25, -0.2) is 4.98 Å². The van der Waals surface area contributed by atoms with Crippen LogP contribution in [-0.4, -0.2) is 30.9 Å². The SMILES string of the molecule is COc1cc(OC)c(NC(=O)CCSc2nc3c(cc2C#N)CCCC3)cc1Cl. The Balaban J connectivity index is 1.62. The van der Waals surface area contributed by atoms with Crippen LogP contribution in [0.2, 0.25) is 5.02 Å². The minimum absolute atomic E-state index is 0.173. The molecule has 3 rings (SSSR count). The summed E-state index contributed by atoms with van der Waals surface area (Å²) in [6, 6.07) is 7.41. The number of fused-ring (bicyclic) bond motifs is 1. The van der Waals surface area contributed by atoms with Crippen molar-refractivity contribution >= 4 is 35.0 Å². The molecular formula is C21H22ClN3O3S. The number of ether oxygens (including phenoxy) is 2. The number of anilines is 1. The number of rotatable bonds is 7. The van der Waals surface area contributed by atoms with Crippen molar-refractivity contribution in [1.29, 1.82) is 5.26 Å². The largest absolute Gasteiger partial charge is 0.495 e. The lowest BCUT2D eigenvalue weighted by molar-refractivity contribution is -0.115. The van der Waals surface area contributed by atoms with Gasteiger partial charge in [-0.3, -0.25) is 4.79 Å². The monoisotopic (exact) mass is 431 g/mol. The Labute approximate surface area is 179 Å². The molecule has 0 saturated carbocycles. The standard InChI is InChI=1S/C21H22ClN3O3S/c1-27-18-11-19(28-2)17(10-15(18)22)24-20(26)7-8-29-21-14(12-23)9-13-5-3-4-6-16(13)25-21/h9-11H,3-8H2,1-2H3,(H,24,26). The van der Waals surface area contributed by atoms with Crippen LogP contribution < -0.4 is 14.8 Å². The van der Waals surface area contributed by atoms with Gasteiger partial charge in [-0.1, -0.05) is 11.6 Å². The lowest BCUT2D eigenvalue weighted by atomic mass is 9.95. The fraction of sp³-hybridized carbons (Fsp3) is 0.381. The lowest BCUT2D eigenvalue weighted by Crippen LogP contribution is -2.13. The van der Waals surface area contributed by atoms with Gasteiger partial charge in [-0.2, -0.15) is 5.26 Å². The first-order chi connectivity index (χ1) is 14.0. The van der Waals surface area contributed by atoms with Gasteiger partial charge in [0.25, 0.3) is 0 Å². The molecule has 0 bridgehead atoms. The second-order valence-electron chi connectivity index (χ2n) is 6.60. The van der Waals surface area contributed by atoms with Crippen LogP contribution >= 0.6 is 23.4 Å². The van der Waals surface area contributed by atoms with Gasteiger partial charge in [0.1, 0.15) is 22.6 Å². The van der Waals surface area contributed by atoms with Gasteiger partial charge in [0.05, 0.1) is 30.5 Å². The summed E-state index contributed by atoms with van der Waals surface area (Å²) in [4.78, 5) is 17.1. The summed E-state index contributed by atoms with van der Waals surface area (Å²) in [5, 5.41) is 13.3. The van der Waals surface area contributed by atoms with E-state index in [-0.39, 0.29) is 12.3 Å². The number of nitrogens with one attached hydrogen (secondary N) is 1. The average molecular weight is 432 g/mol. The van der Waals surface area contributed by atoms with E-state index >= 15 is 0 Å². The van der Waals surface area contributed by atoms with Gasteiger partial charge in [0, 0.05) is 23.9 Å². The fourth-order valence-electron chi connectivity index (χ4n) is 3.22. The first kappa shape index (κ1) is 21.3. The molecule has 0 atom stereocenters. The summed E-state index contributed by atoms with van der Waals surface area (Å²) < 4.78 is 10.5. The van der Waals surface area contributed by atoms with Crippen LogP contribution in [0.3, 0.4) is 0 Å². The van der Waals surface area contributed by atoms with E-state index in [1.54, 1.807) is 12.1 Å².